The molecule has 0 saturated carbocycles. The minimum absolute atomic E-state index is 0.0416. The molecule has 0 unspecified atom stereocenters. The fourth-order valence-electron chi connectivity index (χ4n) is 2.70. The van der Waals surface area contributed by atoms with E-state index in [9.17, 15) is 4.79 Å². The molecule has 0 atom stereocenters. The number of aryl methyl sites for hydroxylation is 2. The summed E-state index contributed by atoms with van der Waals surface area (Å²) in [6.45, 7) is 5.01. The molecule has 3 aromatic rings. The van der Waals surface area contributed by atoms with Gasteiger partial charge in [0.05, 0.1) is 6.54 Å². The Kier molecular flexibility index (Phi) is 5.80. The molecule has 27 heavy (non-hydrogen) atoms. The lowest BCUT2D eigenvalue weighted by Crippen LogP contribution is -2.34. The molecular weight excluding hydrogens is 342 g/mol. The van der Waals surface area contributed by atoms with Crippen molar-refractivity contribution in [2.45, 2.75) is 20.4 Å². The maximum Gasteiger partial charge on any atom is 0.246 e. The van der Waals surface area contributed by atoms with E-state index in [0.29, 0.717) is 19.0 Å². The molecule has 0 bridgehead atoms. The van der Waals surface area contributed by atoms with Crippen LogP contribution in [-0.4, -0.2) is 51.2 Å². The number of amides is 1. The lowest BCUT2D eigenvalue weighted by molar-refractivity contribution is -0.131. The number of carbonyl (C=O) groups is 1. The summed E-state index contributed by atoms with van der Waals surface area (Å²) in [5.41, 5.74) is 3.17. The van der Waals surface area contributed by atoms with E-state index >= 15 is 0 Å². The molecule has 0 spiro atoms. The van der Waals surface area contributed by atoms with Crippen LogP contribution >= 0.6 is 0 Å². The maximum absolute atomic E-state index is 12.4. The Morgan fingerprint density at radius 3 is 2.52 bits per heavy atom. The van der Waals surface area contributed by atoms with Gasteiger partial charge in [0.2, 0.25) is 11.7 Å². The molecular formula is C20H23N5O2. The van der Waals surface area contributed by atoms with E-state index in [4.69, 9.17) is 4.74 Å². The van der Waals surface area contributed by atoms with Gasteiger partial charge >= 0.3 is 0 Å². The first-order chi connectivity index (χ1) is 13.0. The summed E-state index contributed by atoms with van der Waals surface area (Å²) in [7, 11) is 1.74. The number of hydrogen-bond acceptors (Lipinski definition) is 5. The van der Waals surface area contributed by atoms with E-state index in [2.05, 4.69) is 21.5 Å². The molecule has 0 aliphatic carbocycles. The van der Waals surface area contributed by atoms with Gasteiger partial charge in [0.1, 0.15) is 18.9 Å². The zero-order valence-corrected chi connectivity index (χ0v) is 15.8. The van der Waals surface area contributed by atoms with Crippen molar-refractivity contribution in [3.63, 3.8) is 0 Å². The average molecular weight is 365 g/mol. The standard InChI is InChI=1S/C20H23N5O2/c1-15-11-16(2)13-18(12-15)27-10-9-24(3)19(26)14-25-22-20(21-23-25)17-7-5-4-6-8-17/h4-8,11-13H,9-10,14H2,1-3H3. The van der Waals surface area contributed by atoms with Crippen molar-refractivity contribution >= 4 is 5.91 Å². The summed E-state index contributed by atoms with van der Waals surface area (Å²) >= 11 is 0. The fraction of sp³-hybridized carbons (Fsp3) is 0.300. The predicted molar refractivity (Wildman–Crippen MR) is 102 cm³/mol. The van der Waals surface area contributed by atoms with Crippen LogP contribution in [-0.2, 0) is 11.3 Å². The van der Waals surface area contributed by atoms with Crippen LogP contribution in [0.25, 0.3) is 11.4 Å². The van der Waals surface area contributed by atoms with Crippen molar-refractivity contribution in [1.29, 1.82) is 0 Å². The van der Waals surface area contributed by atoms with Crippen LogP contribution in [0.4, 0.5) is 0 Å². The Balaban J connectivity index is 1.50. The van der Waals surface area contributed by atoms with E-state index in [-0.39, 0.29) is 12.5 Å². The number of benzene rings is 2. The van der Waals surface area contributed by atoms with Crippen molar-refractivity contribution in [3.8, 4) is 17.1 Å². The quantitative estimate of drug-likeness (QED) is 0.643. The first kappa shape index (κ1) is 18.6. The zero-order valence-electron chi connectivity index (χ0n) is 15.8. The molecule has 2 aromatic carbocycles. The molecule has 0 saturated heterocycles. The van der Waals surface area contributed by atoms with Gasteiger partial charge in [-0.3, -0.25) is 4.79 Å². The van der Waals surface area contributed by atoms with Crippen LogP contribution in [0, 0.1) is 13.8 Å². The number of nitrogens with zero attached hydrogens (tertiary/aromatic N) is 5. The number of carbonyl (C=O) groups excluding carboxylic acids is 1. The predicted octanol–water partition coefficient (Wildman–Crippen LogP) is 2.49. The van der Waals surface area contributed by atoms with E-state index in [1.54, 1.807) is 11.9 Å². The second kappa shape index (κ2) is 8.44. The van der Waals surface area contributed by atoms with Gasteiger partial charge in [-0.1, -0.05) is 36.4 Å². The van der Waals surface area contributed by atoms with Crippen molar-refractivity contribution in [3.05, 3.63) is 59.7 Å². The number of likely N-dealkylation sites (N-methyl/N-ethyl adjacent to an activating group) is 1. The first-order valence-corrected chi connectivity index (χ1v) is 8.79. The highest BCUT2D eigenvalue weighted by Crippen LogP contribution is 2.16. The minimum atomic E-state index is -0.101. The number of hydrogen-bond donors (Lipinski definition) is 0. The normalized spacial score (nSPS) is 10.6. The fourth-order valence-corrected chi connectivity index (χ4v) is 2.70. The Bertz CT molecular complexity index is 887. The van der Waals surface area contributed by atoms with Crippen molar-refractivity contribution in [2.24, 2.45) is 0 Å². The molecule has 7 heteroatoms. The van der Waals surface area contributed by atoms with Gasteiger partial charge in [-0.15, -0.1) is 10.2 Å². The second-order valence-electron chi connectivity index (χ2n) is 6.50. The third kappa shape index (κ3) is 5.13. The summed E-state index contributed by atoms with van der Waals surface area (Å²) in [6.07, 6.45) is 0. The summed E-state index contributed by atoms with van der Waals surface area (Å²) in [5, 5.41) is 12.2. The van der Waals surface area contributed by atoms with E-state index in [0.717, 1.165) is 22.4 Å². The smallest absolute Gasteiger partial charge is 0.246 e. The van der Waals surface area contributed by atoms with Crippen LogP contribution < -0.4 is 4.74 Å². The van der Waals surface area contributed by atoms with Crippen molar-refractivity contribution < 1.29 is 9.53 Å². The number of rotatable bonds is 7. The van der Waals surface area contributed by atoms with E-state index in [1.165, 1.54) is 4.80 Å². The number of aromatic nitrogens is 4. The summed E-state index contributed by atoms with van der Waals surface area (Å²) in [5.74, 6) is 1.22. The Morgan fingerprint density at radius 2 is 1.81 bits per heavy atom. The molecule has 7 nitrogen and oxygen atoms in total. The number of tetrazole rings is 1. The molecule has 0 aliphatic heterocycles. The number of ether oxygens (including phenoxy) is 1. The SMILES string of the molecule is Cc1cc(C)cc(OCCN(C)C(=O)Cn2nnc(-c3ccccc3)n2)c1. The second-order valence-corrected chi connectivity index (χ2v) is 6.50. The molecule has 1 aromatic heterocycles. The van der Waals surface area contributed by atoms with E-state index < -0.39 is 0 Å². The largest absolute Gasteiger partial charge is 0.492 e. The summed E-state index contributed by atoms with van der Waals surface area (Å²) in [4.78, 5) is 15.3. The van der Waals surface area contributed by atoms with Gasteiger partial charge in [-0.25, -0.2) is 0 Å². The first-order valence-electron chi connectivity index (χ1n) is 8.79. The molecule has 140 valence electrons. The molecule has 0 N–H and O–H groups in total. The molecule has 0 radical (unpaired) electrons. The highest BCUT2D eigenvalue weighted by molar-refractivity contribution is 5.75. The van der Waals surface area contributed by atoms with Crippen LogP contribution in [0.3, 0.4) is 0 Å². The lowest BCUT2D eigenvalue weighted by atomic mass is 10.1. The van der Waals surface area contributed by atoms with Crippen LogP contribution in [0.2, 0.25) is 0 Å². The average Bonchev–Trinajstić information content (AvgIpc) is 3.10. The molecule has 3 rings (SSSR count). The zero-order chi connectivity index (χ0) is 19.2. The maximum atomic E-state index is 12.4. The molecule has 1 heterocycles. The van der Waals surface area contributed by atoms with Crippen molar-refractivity contribution in [2.75, 3.05) is 20.2 Å². The van der Waals surface area contributed by atoms with Crippen molar-refractivity contribution in [1.82, 2.24) is 25.1 Å². The molecule has 0 aliphatic rings. The van der Waals surface area contributed by atoms with Gasteiger partial charge in [0.15, 0.2) is 0 Å². The van der Waals surface area contributed by atoms with Crippen LogP contribution in [0.5, 0.6) is 5.75 Å². The summed E-state index contributed by atoms with van der Waals surface area (Å²) < 4.78 is 5.76. The van der Waals surface area contributed by atoms with Gasteiger partial charge < -0.3 is 9.64 Å². The molecule has 0 fully saturated rings. The Morgan fingerprint density at radius 1 is 1.11 bits per heavy atom. The van der Waals surface area contributed by atoms with Gasteiger partial charge in [0.25, 0.3) is 0 Å². The Labute approximate surface area is 158 Å². The highest BCUT2D eigenvalue weighted by atomic mass is 16.5. The minimum Gasteiger partial charge on any atom is -0.492 e. The third-order valence-electron chi connectivity index (χ3n) is 4.08. The monoisotopic (exact) mass is 365 g/mol. The van der Waals surface area contributed by atoms with Crippen LogP contribution in [0.1, 0.15) is 11.1 Å². The van der Waals surface area contributed by atoms with Gasteiger partial charge in [0, 0.05) is 12.6 Å². The highest BCUT2D eigenvalue weighted by Gasteiger charge is 2.13. The van der Waals surface area contributed by atoms with Gasteiger partial charge in [-0.2, -0.15) is 4.80 Å². The summed E-state index contributed by atoms with van der Waals surface area (Å²) in [6, 6.07) is 15.6. The Hall–Kier alpha value is -3.22. The topological polar surface area (TPSA) is 73.1 Å². The molecule has 1 amide bonds. The third-order valence-corrected chi connectivity index (χ3v) is 4.08. The lowest BCUT2D eigenvalue weighted by Gasteiger charge is -2.17. The van der Waals surface area contributed by atoms with E-state index in [1.807, 2.05) is 56.3 Å². The van der Waals surface area contributed by atoms with Crippen LogP contribution in [0.15, 0.2) is 48.5 Å². The van der Waals surface area contributed by atoms with Gasteiger partial charge in [-0.05, 0) is 42.3 Å².